The second-order valence-electron chi connectivity index (χ2n) is 7.89. The summed E-state index contributed by atoms with van der Waals surface area (Å²) in [7, 11) is 15.8. The second kappa shape index (κ2) is 11.7. The minimum absolute atomic E-state index is 0.0345. The summed E-state index contributed by atoms with van der Waals surface area (Å²) in [5.74, 6) is -11.2. The molecule has 7 nitrogen and oxygen atoms in total. The van der Waals surface area contributed by atoms with E-state index in [9.17, 15) is 35.5 Å². The number of hydrogen-bond donors (Lipinski definition) is 1. The van der Waals surface area contributed by atoms with Gasteiger partial charge in [0.2, 0.25) is 5.82 Å². The largest absolute Gasteiger partial charge is 0.573 e. The van der Waals surface area contributed by atoms with Crippen LogP contribution in [0.1, 0.15) is 15.9 Å². The number of rotatable bonds is 8. The molecular weight excluding hydrogens is 637 g/mol. The number of nitrogens with one attached hydrogen (secondary N) is 1. The summed E-state index contributed by atoms with van der Waals surface area (Å²) in [5.41, 5.74) is -0.830. The first-order chi connectivity index (χ1) is 18.7. The van der Waals surface area contributed by atoms with Crippen molar-refractivity contribution in [2.45, 2.75) is 24.9 Å². The number of alkyl halides is 6. The van der Waals surface area contributed by atoms with E-state index in [1.807, 2.05) is 0 Å². The highest BCUT2D eigenvalue weighted by Crippen LogP contribution is 2.43. The number of aromatic nitrogens is 1. The van der Waals surface area contributed by atoms with Crippen molar-refractivity contribution in [1.82, 2.24) is 4.98 Å². The summed E-state index contributed by atoms with van der Waals surface area (Å²) in [6.07, 6.45) is -9.45. The first kappa shape index (κ1) is 31.9. The smallest absolute Gasteiger partial charge is 0.510 e. The van der Waals surface area contributed by atoms with Gasteiger partial charge in [-0.2, -0.15) is 4.39 Å². The number of pyridine rings is 1. The number of nitrogens with zero attached hydrogens (tertiary/aromatic N) is 1. The molecule has 0 saturated carbocycles. The Morgan fingerprint density at radius 3 is 1.90 bits per heavy atom. The molecule has 0 atom stereocenters. The first-order valence-corrected chi connectivity index (χ1v) is 11.4. The van der Waals surface area contributed by atoms with Gasteiger partial charge in [-0.3, -0.25) is 4.79 Å². The van der Waals surface area contributed by atoms with Crippen molar-refractivity contribution in [3.8, 4) is 28.7 Å². The number of ether oxygens (including phenoxy) is 4. The fraction of sp³-hybridized carbons (Fsp3) is 0.182. The molecule has 0 unspecified atom stereocenters. The lowest BCUT2D eigenvalue weighted by atomic mass is 9.52. The van der Waals surface area contributed by atoms with Crippen LogP contribution in [0.15, 0.2) is 41.1 Å². The van der Waals surface area contributed by atoms with E-state index in [0.29, 0.717) is 29.8 Å². The molecule has 0 fully saturated rings. The van der Waals surface area contributed by atoms with Crippen molar-refractivity contribution in [1.29, 1.82) is 0 Å². The van der Waals surface area contributed by atoms with E-state index in [2.05, 4.69) is 35.7 Å². The van der Waals surface area contributed by atoms with Crippen LogP contribution < -0.4 is 24.3 Å². The molecule has 1 N–H and O–H groups in total. The average molecular weight is 647 g/mol. The monoisotopic (exact) mass is 646 g/mol. The normalized spacial score (nSPS) is 12.0. The molecule has 1 heterocycles. The Morgan fingerprint density at radius 2 is 1.37 bits per heavy atom. The number of halogens is 9. The lowest BCUT2D eigenvalue weighted by molar-refractivity contribution is -0.276. The zero-order valence-electron chi connectivity index (χ0n) is 20.1. The zero-order valence-corrected chi connectivity index (χ0v) is 21.7. The minimum atomic E-state index is -5.38. The first-order valence-electron chi connectivity index (χ1n) is 10.6. The van der Waals surface area contributed by atoms with Gasteiger partial charge >= 0.3 is 12.7 Å². The predicted molar refractivity (Wildman–Crippen MR) is 131 cm³/mol. The minimum Gasteiger partial charge on any atom is -0.510 e. The number of carbonyl (C=O) groups is 1. The number of anilines is 1. The Hall–Kier alpha value is -3.63. The molecule has 3 rings (SSSR count). The fourth-order valence-electron chi connectivity index (χ4n) is 3.05. The van der Waals surface area contributed by atoms with Crippen LogP contribution in [0.4, 0.5) is 40.8 Å². The van der Waals surface area contributed by atoms with Gasteiger partial charge in [0.15, 0.2) is 28.8 Å². The van der Waals surface area contributed by atoms with E-state index in [1.54, 1.807) is 0 Å². The van der Waals surface area contributed by atoms with Crippen molar-refractivity contribution in [3.05, 3.63) is 63.9 Å². The third-order valence-corrected chi connectivity index (χ3v) is 5.02. The molecule has 6 radical (unpaired) electrons. The maximum absolute atomic E-state index is 15.3. The van der Waals surface area contributed by atoms with Gasteiger partial charge in [-0.05, 0) is 64.0 Å². The Morgan fingerprint density at radius 1 is 0.854 bits per heavy atom. The fourth-order valence-corrected chi connectivity index (χ4v) is 3.38. The van der Waals surface area contributed by atoms with E-state index in [0.717, 1.165) is 0 Å². The Balaban J connectivity index is 2.16. The van der Waals surface area contributed by atoms with Crippen LogP contribution in [0.2, 0.25) is 0 Å². The standard InChI is InChI=1S/C22H10B3BrF8N2O5/c1-8-7-35-14(26)6-9(8)36-19(37)15-10(2-3-11(16(15)27)39-21(29,30)31)38-13-5-4-12(40-22(32,33)34)17(28)18(13)41-20(23,24)25/h2-7H,1H3,(H,35,36,37). The Labute approximate surface area is 237 Å². The van der Waals surface area contributed by atoms with E-state index in [4.69, 9.17) is 33.0 Å². The van der Waals surface area contributed by atoms with Crippen molar-refractivity contribution >= 4 is 51.1 Å². The van der Waals surface area contributed by atoms with Crippen LogP contribution in [0.3, 0.4) is 0 Å². The maximum Gasteiger partial charge on any atom is 0.573 e. The molecule has 19 heteroatoms. The SMILES string of the molecule is [B]C([B])([B])Oc1c(Oc2ccc(OC(F)(F)F)c(F)c2C(=O)Nc2cc(Br)ncc2C)ccc(OC(F)(F)F)c1F. The quantitative estimate of drug-likeness (QED) is 0.190. The number of benzene rings is 2. The van der Waals surface area contributed by atoms with Crippen LogP contribution in [-0.4, -0.2) is 52.5 Å². The van der Waals surface area contributed by atoms with Crippen molar-refractivity contribution in [2.75, 3.05) is 5.32 Å². The van der Waals surface area contributed by atoms with Gasteiger partial charge in [-0.15, -0.1) is 26.3 Å². The molecule has 0 aliphatic carbocycles. The van der Waals surface area contributed by atoms with Crippen LogP contribution in [0, 0.1) is 18.6 Å². The average Bonchev–Trinajstić information content (AvgIpc) is 2.80. The molecule has 41 heavy (non-hydrogen) atoms. The maximum atomic E-state index is 15.3. The van der Waals surface area contributed by atoms with Crippen molar-refractivity contribution in [2.24, 2.45) is 0 Å². The van der Waals surface area contributed by atoms with Gasteiger partial charge in [0, 0.05) is 11.9 Å². The van der Waals surface area contributed by atoms with E-state index < -0.39 is 69.9 Å². The number of hydrogen-bond acceptors (Lipinski definition) is 6. The molecule has 0 spiro atoms. The molecule has 210 valence electrons. The van der Waals surface area contributed by atoms with E-state index >= 15 is 4.39 Å². The van der Waals surface area contributed by atoms with Crippen molar-refractivity contribution < 1.29 is 58.9 Å². The molecule has 3 aromatic rings. The van der Waals surface area contributed by atoms with Gasteiger partial charge in [0.25, 0.3) is 5.91 Å². The molecule has 1 aromatic heterocycles. The summed E-state index contributed by atoms with van der Waals surface area (Å²) in [5, 5.41) is -0.477. The van der Waals surface area contributed by atoms with Gasteiger partial charge in [-0.25, -0.2) is 9.37 Å². The Bertz CT molecular complexity index is 1470. The molecule has 2 aromatic carbocycles. The highest BCUT2D eigenvalue weighted by Gasteiger charge is 2.36. The molecule has 1 amide bonds. The van der Waals surface area contributed by atoms with Gasteiger partial charge in [-0.1, -0.05) is 0 Å². The second-order valence-corrected chi connectivity index (χ2v) is 8.70. The van der Waals surface area contributed by atoms with Crippen molar-refractivity contribution in [3.63, 3.8) is 0 Å². The lowest BCUT2D eigenvalue weighted by Gasteiger charge is -2.26. The number of carbonyl (C=O) groups excluding carboxylic acids is 1. The van der Waals surface area contributed by atoms with Crippen LogP contribution in [0.5, 0.6) is 28.7 Å². The van der Waals surface area contributed by atoms with Gasteiger partial charge < -0.3 is 24.3 Å². The third kappa shape index (κ3) is 8.68. The highest BCUT2D eigenvalue weighted by molar-refractivity contribution is 9.10. The molecule has 0 saturated heterocycles. The third-order valence-electron chi connectivity index (χ3n) is 4.59. The van der Waals surface area contributed by atoms with Crippen LogP contribution in [0.25, 0.3) is 0 Å². The summed E-state index contributed by atoms with van der Waals surface area (Å²) < 4.78 is 124. The predicted octanol–water partition coefficient (Wildman–Crippen LogP) is 5.77. The topological polar surface area (TPSA) is 78.9 Å². The van der Waals surface area contributed by atoms with Gasteiger partial charge in [0.1, 0.15) is 39.5 Å². The summed E-state index contributed by atoms with van der Waals surface area (Å²) in [4.78, 5) is 17.0. The summed E-state index contributed by atoms with van der Waals surface area (Å²) >= 11 is 3.06. The molecule has 0 aliphatic rings. The van der Waals surface area contributed by atoms with Gasteiger partial charge in [0.05, 0.1) is 0 Å². The van der Waals surface area contributed by atoms with E-state index in [1.165, 1.54) is 19.2 Å². The van der Waals surface area contributed by atoms with Crippen LogP contribution in [-0.2, 0) is 0 Å². The van der Waals surface area contributed by atoms with E-state index in [-0.39, 0.29) is 10.3 Å². The van der Waals surface area contributed by atoms with Crippen LogP contribution >= 0.6 is 15.9 Å². The number of amides is 1. The number of aryl methyl sites for hydroxylation is 1. The molecule has 0 aliphatic heterocycles. The Kier molecular flexibility index (Phi) is 9.10. The summed E-state index contributed by atoms with van der Waals surface area (Å²) in [6.45, 7) is 1.49. The molecular formula is C22H10B3BrF8N2O5. The zero-order chi connectivity index (χ0) is 30.9. The summed E-state index contributed by atoms with van der Waals surface area (Å²) in [6, 6.07) is 3.34. The lowest BCUT2D eigenvalue weighted by Crippen LogP contribution is -2.38. The highest BCUT2D eigenvalue weighted by atomic mass is 79.9. The molecule has 0 bridgehead atoms.